The Morgan fingerprint density at radius 3 is 1.36 bits per heavy atom. The molecule has 12 aromatic rings. The predicted molar refractivity (Wildman–Crippen MR) is 248 cm³/mol. The van der Waals surface area contributed by atoms with Crippen molar-refractivity contribution in [1.82, 2.24) is 19.1 Å². The van der Waals surface area contributed by atoms with E-state index in [0.717, 1.165) is 60.8 Å². The van der Waals surface area contributed by atoms with Gasteiger partial charge in [0, 0.05) is 48.7 Å². The zero-order valence-electron chi connectivity index (χ0n) is 31.8. The lowest BCUT2D eigenvalue weighted by Gasteiger charge is -2.16. The topological polar surface area (TPSA) is 35.6 Å². The van der Waals surface area contributed by atoms with Crippen molar-refractivity contribution in [3.8, 4) is 55.7 Å². The van der Waals surface area contributed by atoms with Crippen molar-refractivity contribution in [2.24, 2.45) is 0 Å². The van der Waals surface area contributed by atoms with E-state index in [1.165, 1.54) is 42.8 Å². The highest BCUT2D eigenvalue weighted by molar-refractivity contribution is 7.22. The summed E-state index contributed by atoms with van der Waals surface area (Å²) in [5.41, 5.74) is 12.8. The summed E-state index contributed by atoms with van der Waals surface area (Å²) >= 11 is 1.77. The van der Waals surface area contributed by atoms with E-state index >= 15 is 0 Å². The van der Waals surface area contributed by atoms with Gasteiger partial charge in [-0.15, -0.1) is 11.3 Å². The molecule has 0 aliphatic rings. The zero-order chi connectivity index (χ0) is 38.9. The highest BCUT2D eigenvalue weighted by Gasteiger charge is 2.20. The first-order valence-corrected chi connectivity index (χ1v) is 20.7. The first-order valence-electron chi connectivity index (χ1n) is 19.9. The summed E-state index contributed by atoms with van der Waals surface area (Å²) in [6, 6.07) is 73.8. The van der Waals surface area contributed by atoms with Crippen molar-refractivity contribution in [2.75, 3.05) is 0 Å². The fourth-order valence-corrected chi connectivity index (χ4v) is 9.83. The first-order chi connectivity index (χ1) is 29.2. The van der Waals surface area contributed by atoms with Gasteiger partial charge in [0.2, 0.25) is 0 Å². The SMILES string of the molecule is c1ccc(-c2ccc(-c3cc(-c4cc5ccccc5s4)nc(-c4cc(-n5c6ccccc6c6ccccc65)cc(-n5c6ccccc6c6ccccc65)c4)n3)cc2)cc1. The second-order valence-corrected chi connectivity index (χ2v) is 16.1. The molecule has 4 aromatic heterocycles. The fourth-order valence-electron chi connectivity index (χ4n) is 8.81. The van der Waals surface area contributed by atoms with E-state index in [9.17, 15) is 0 Å². The third-order valence-corrected chi connectivity index (χ3v) is 12.7. The molecule has 8 aromatic carbocycles. The summed E-state index contributed by atoms with van der Waals surface area (Å²) in [7, 11) is 0. The van der Waals surface area contributed by atoms with Crippen LogP contribution in [0, 0.1) is 0 Å². The minimum absolute atomic E-state index is 0.673. The van der Waals surface area contributed by atoms with Crippen LogP contribution in [0.4, 0.5) is 0 Å². The number of nitrogens with zero attached hydrogens (tertiary/aromatic N) is 4. The van der Waals surface area contributed by atoms with Crippen LogP contribution in [-0.2, 0) is 0 Å². The molecular weight excluding hydrogens is 737 g/mol. The lowest BCUT2D eigenvalue weighted by molar-refractivity contribution is 1.12. The van der Waals surface area contributed by atoms with Gasteiger partial charge in [-0.2, -0.15) is 0 Å². The van der Waals surface area contributed by atoms with Gasteiger partial charge in [0.1, 0.15) is 0 Å². The quantitative estimate of drug-likeness (QED) is 0.169. The Bertz CT molecular complexity index is 3280. The molecule has 0 fully saturated rings. The molecule has 0 atom stereocenters. The van der Waals surface area contributed by atoms with Crippen molar-refractivity contribution in [3.63, 3.8) is 0 Å². The molecule has 0 aliphatic carbocycles. The van der Waals surface area contributed by atoms with Crippen LogP contribution in [-0.4, -0.2) is 19.1 Å². The van der Waals surface area contributed by atoms with E-state index in [0.29, 0.717) is 5.82 Å². The molecule has 0 N–H and O–H groups in total. The first kappa shape index (κ1) is 33.5. The Hall–Kier alpha value is -7.60. The van der Waals surface area contributed by atoms with Gasteiger partial charge >= 0.3 is 0 Å². The summed E-state index contributed by atoms with van der Waals surface area (Å²) in [6.45, 7) is 0. The van der Waals surface area contributed by atoms with E-state index < -0.39 is 0 Å². The third-order valence-electron chi connectivity index (χ3n) is 11.5. The summed E-state index contributed by atoms with van der Waals surface area (Å²) in [5, 5.41) is 6.09. The van der Waals surface area contributed by atoms with E-state index in [2.05, 4.69) is 215 Å². The number of benzene rings is 8. The Morgan fingerprint density at radius 2 is 0.797 bits per heavy atom. The molecule has 4 nitrogen and oxygen atoms in total. The number of hydrogen-bond acceptors (Lipinski definition) is 3. The number of aromatic nitrogens is 4. The summed E-state index contributed by atoms with van der Waals surface area (Å²) in [5.74, 6) is 0.673. The van der Waals surface area contributed by atoms with Crippen molar-refractivity contribution in [3.05, 3.63) is 206 Å². The monoisotopic (exact) mass is 770 g/mol. The van der Waals surface area contributed by atoms with Gasteiger partial charge in [0.05, 0.1) is 38.3 Å². The molecule has 0 aliphatic heterocycles. The largest absolute Gasteiger partial charge is 0.309 e. The third kappa shape index (κ3) is 5.58. The van der Waals surface area contributed by atoms with Crippen LogP contribution >= 0.6 is 11.3 Å². The average Bonchev–Trinajstić information content (AvgIpc) is 4.00. The number of para-hydroxylation sites is 4. The minimum atomic E-state index is 0.673. The lowest BCUT2D eigenvalue weighted by atomic mass is 10.0. The molecule has 0 spiro atoms. The van der Waals surface area contributed by atoms with Gasteiger partial charge in [0.15, 0.2) is 5.82 Å². The van der Waals surface area contributed by atoms with Gasteiger partial charge in [0.25, 0.3) is 0 Å². The minimum Gasteiger partial charge on any atom is -0.309 e. The lowest BCUT2D eigenvalue weighted by Crippen LogP contribution is -2.02. The Kier molecular flexibility index (Phi) is 7.68. The van der Waals surface area contributed by atoms with Crippen LogP contribution in [0.5, 0.6) is 0 Å². The maximum absolute atomic E-state index is 5.43. The van der Waals surface area contributed by atoms with E-state index in [1.807, 2.05) is 0 Å². The highest BCUT2D eigenvalue weighted by atomic mass is 32.1. The van der Waals surface area contributed by atoms with Gasteiger partial charge in [-0.1, -0.05) is 146 Å². The smallest absolute Gasteiger partial charge is 0.160 e. The summed E-state index contributed by atoms with van der Waals surface area (Å²) in [4.78, 5) is 12.0. The number of fused-ring (bicyclic) bond motifs is 7. The maximum atomic E-state index is 5.43. The molecule has 4 heterocycles. The molecule has 12 rings (SSSR count). The molecule has 0 radical (unpaired) electrons. The highest BCUT2D eigenvalue weighted by Crippen LogP contribution is 2.40. The Morgan fingerprint density at radius 1 is 0.339 bits per heavy atom. The molecule has 0 unspecified atom stereocenters. The zero-order valence-corrected chi connectivity index (χ0v) is 32.6. The number of thiophene rings is 1. The molecule has 0 bridgehead atoms. The Labute approximate surface area is 344 Å². The molecule has 5 heteroatoms. The summed E-state index contributed by atoms with van der Waals surface area (Å²) < 4.78 is 6.02. The van der Waals surface area contributed by atoms with Crippen LogP contribution in [0.2, 0.25) is 0 Å². The van der Waals surface area contributed by atoms with Crippen LogP contribution in [0.15, 0.2) is 206 Å². The second-order valence-electron chi connectivity index (χ2n) is 15.0. The molecule has 59 heavy (non-hydrogen) atoms. The number of hydrogen-bond donors (Lipinski definition) is 0. The van der Waals surface area contributed by atoms with Crippen LogP contribution in [0.1, 0.15) is 0 Å². The molecule has 0 saturated carbocycles. The van der Waals surface area contributed by atoms with Gasteiger partial charge < -0.3 is 9.13 Å². The maximum Gasteiger partial charge on any atom is 0.160 e. The van der Waals surface area contributed by atoms with Crippen molar-refractivity contribution >= 4 is 65.0 Å². The van der Waals surface area contributed by atoms with Crippen LogP contribution in [0.3, 0.4) is 0 Å². The summed E-state index contributed by atoms with van der Waals surface area (Å²) in [6.07, 6.45) is 0. The van der Waals surface area contributed by atoms with Gasteiger partial charge in [-0.25, -0.2) is 9.97 Å². The number of rotatable bonds is 6. The van der Waals surface area contributed by atoms with Crippen LogP contribution in [0.25, 0.3) is 109 Å². The van der Waals surface area contributed by atoms with E-state index in [-0.39, 0.29) is 0 Å². The second kappa shape index (κ2) is 13.5. The normalized spacial score (nSPS) is 11.7. The average molecular weight is 771 g/mol. The van der Waals surface area contributed by atoms with E-state index in [4.69, 9.17) is 9.97 Å². The van der Waals surface area contributed by atoms with E-state index in [1.54, 1.807) is 11.3 Å². The van der Waals surface area contributed by atoms with Gasteiger partial charge in [-0.05, 0) is 77.2 Å². The van der Waals surface area contributed by atoms with Gasteiger partial charge in [-0.3, -0.25) is 0 Å². The van der Waals surface area contributed by atoms with Crippen molar-refractivity contribution < 1.29 is 0 Å². The van der Waals surface area contributed by atoms with Crippen molar-refractivity contribution in [2.45, 2.75) is 0 Å². The van der Waals surface area contributed by atoms with Crippen LogP contribution < -0.4 is 0 Å². The molecule has 0 saturated heterocycles. The standard InChI is InChI=1S/C54H34N4S/c1-2-14-35(15-3-1)36-26-28-37(29-27-36)46-34-47(53-32-38-16-4-13-25-52(38)59-53)56-54(55-46)39-30-40(57-48-21-9-5-17-42(48)43-18-6-10-22-49(43)57)33-41(31-39)58-50-23-11-7-19-44(50)45-20-8-12-24-51(45)58/h1-34H. The Balaban J connectivity index is 1.14. The van der Waals surface area contributed by atoms with Crippen molar-refractivity contribution in [1.29, 1.82) is 0 Å². The molecule has 276 valence electrons. The molecule has 0 amide bonds. The predicted octanol–water partition coefficient (Wildman–Crippen LogP) is 14.6. The fraction of sp³-hybridized carbons (Fsp3) is 0. The molecular formula is C54H34N4S.